The highest BCUT2D eigenvalue weighted by molar-refractivity contribution is 6.33. The fraction of sp³-hybridized carbons (Fsp3) is 0.148. The summed E-state index contributed by atoms with van der Waals surface area (Å²) < 4.78 is 14.4. The molecule has 0 spiro atoms. The van der Waals surface area contributed by atoms with Gasteiger partial charge in [0.15, 0.2) is 0 Å². The van der Waals surface area contributed by atoms with Gasteiger partial charge in [0, 0.05) is 24.0 Å². The molecule has 1 aliphatic carbocycles. The van der Waals surface area contributed by atoms with Gasteiger partial charge in [-0.05, 0) is 70.9 Å². The number of fused-ring (bicyclic) bond motifs is 1. The number of allylic oxidation sites excluding steroid dienone is 1. The first-order chi connectivity index (χ1) is 16.5. The third-order valence-electron chi connectivity index (χ3n) is 6.27. The molecule has 1 aliphatic rings. The first-order valence-corrected chi connectivity index (χ1v) is 11.4. The number of hydrogen-bond acceptors (Lipinski definition) is 3. The molecule has 1 fully saturated rings. The lowest BCUT2D eigenvalue weighted by molar-refractivity contribution is -0.131. The molecule has 0 atom stereocenters. The van der Waals surface area contributed by atoms with Crippen LogP contribution >= 0.6 is 11.6 Å². The Morgan fingerprint density at radius 3 is 2.56 bits per heavy atom. The van der Waals surface area contributed by atoms with Crippen LogP contribution in [0.2, 0.25) is 5.02 Å². The summed E-state index contributed by atoms with van der Waals surface area (Å²) in [4.78, 5) is 15.0. The number of H-pyrrole nitrogens is 1. The van der Waals surface area contributed by atoms with Crippen molar-refractivity contribution >= 4 is 45.7 Å². The van der Waals surface area contributed by atoms with Crippen molar-refractivity contribution in [3.05, 3.63) is 100 Å². The minimum atomic E-state index is -0.990. The van der Waals surface area contributed by atoms with Gasteiger partial charge in [0.2, 0.25) is 5.95 Å². The molecule has 0 radical (unpaired) electrons. The maximum Gasteiger partial charge on any atom is 0.328 e. The summed E-state index contributed by atoms with van der Waals surface area (Å²) in [5, 5.41) is 16.3. The van der Waals surface area contributed by atoms with Crippen molar-refractivity contribution in [2.45, 2.75) is 19.3 Å². The van der Waals surface area contributed by atoms with E-state index in [0.717, 1.165) is 58.7 Å². The van der Waals surface area contributed by atoms with Crippen molar-refractivity contribution in [2.75, 3.05) is 0 Å². The van der Waals surface area contributed by atoms with Crippen LogP contribution in [-0.2, 0) is 4.79 Å². The smallest absolute Gasteiger partial charge is 0.328 e. The molecule has 0 amide bonds. The summed E-state index contributed by atoms with van der Waals surface area (Å²) in [5.74, 6) is -1.21. The molecule has 34 heavy (non-hydrogen) atoms. The number of carbonyl (C=O) groups is 1. The van der Waals surface area contributed by atoms with Gasteiger partial charge in [-0.15, -0.1) is 5.10 Å². The van der Waals surface area contributed by atoms with E-state index in [1.165, 1.54) is 0 Å². The number of nitrogens with zero attached hydrogens (tertiary/aromatic N) is 2. The van der Waals surface area contributed by atoms with Crippen molar-refractivity contribution in [3.63, 3.8) is 0 Å². The van der Waals surface area contributed by atoms with E-state index in [0.29, 0.717) is 21.8 Å². The minimum absolute atomic E-state index is 0.324. The molecule has 7 heteroatoms. The molecule has 0 bridgehead atoms. The highest BCUT2D eigenvalue weighted by Crippen LogP contribution is 2.46. The molecule has 0 aliphatic heterocycles. The van der Waals surface area contributed by atoms with Gasteiger partial charge in [-0.2, -0.15) is 4.39 Å². The number of hydrogen-bond donors (Lipinski definition) is 2. The van der Waals surface area contributed by atoms with Crippen molar-refractivity contribution in [3.8, 4) is 0 Å². The van der Waals surface area contributed by atoms with Gasteiger partial charge in [-0.25, -0.2) is 4.79 Å². The summed E-state index contributed by atoms with van der Waals surface area (Å²) in [6.07, 6.45) is 9.24. The van der Waals surface area contributed by atoms with E-state index >= 15 is 0 Å². The van der Waals surface area contributed by atoms with E-state index < -0.39 is 11.9 Å². The lowest BCUT2D eigenvalue weighted by Gasteiger charge is -2.32. The third-order valence-corrected chi connectivity index (χ3v) is 6.57. The maximum absolute atomic E-state index is 14.4. The Morgan fingerprint density at radius 1 is 1.12 bits per heavy atom. The summed E-state index contributed by atoms with van der Waals surface area (Å²) in [6, 6.07) is 15.3. The number of carboxylic acid groups (broad SMARTS) is 1. The van der Waals surface area contributed by atoms with Crippen molar-refractivity contribution < 1.29 is 14.3 Å². The minimum Gasteiger partial charge on any atom is -0.478 e. The largest absolute Gasteiger partial charge is 0.478 e. The molecule has 5 rings (SSSR count). The van der Waals surface area contributed by atoms with Crippen molar-refractivity contribution in [1.29, 1.82) is 0 Å². The molecular formula is C27H21ClFN3O2. The quantitative estimate of drug-likeness (QED) is 0.244. The third kappa shape index (κ3) is 4.24. The molecule has 2 aromatic heterocycles. The standard InChI is InChI=1S/C27H21ClFN3O2/c28-22-15-30-13-12-20(22)26(19-9-10-23-21(14-19)27(29)32-31-23)25(17-2-1-3-17)18-7-4-16(5-8-18)6-11-24(33)34/h4-15,17H,1-3H2,(H,31,32)(H,33,34). The molecule has 0 saturated heterocycles. The molecule has 2 N–H and O–H groups in total. The van der Waals surface area contributed by atoms with E-state index in [2.05, 4.69) is 15.2 Å². The van der Waals surface area contributed by atoms with Crippen LogP contribution in [0, 0.1) is 11.9 Å². The number of rotatable bonds is 6. The Hall–Kier alpha value is -3.77. The van der Waals surface area contributed by atoms with E-state index in [1.54, 1.807) is 18.5 Å². The van der Waals surface area contributed by atoms with Crippen LogP contribution in [-0.4, -0.2) is 26.3 Å². The second-order valence-electron chi connectivity index (χ2n) is 8.34. The van der Waals surface area contributed by atoms with E-state index in [4.69, 9.17) is 16.7 Å². The van der Waals surface area contributed by atoms with Crippen LogP contribution < -0.4 is 0 Å². The highest BCUT2D eigenvalue weighted by Gasteiger charge is 2.28. The lowest BCUT2D eigenvalue weighted by atomic mass is 9.73. The molecule has 170 valence electrons. The van der Waals surface area contributed by atoms with Gasteiger partial charge in [0.25, 0.3) is 0 Å². The maximum atomic E-state index is 14.4. The predicted octanol–water partition coefficient (Wildman–Crippen LogP) is 6.61. The Kier molecular flexibility index (Phi) is 5.99. The number of nitrogens with one attached hydrogen (secondary N) is 1. The molecule has 0 unspecified atom stereocenters. The van der Waals surface area contributed by atoms with E-state index in [-0.39, 0.29) is 0 Å². The average Bonchev–Trinajstić information content (AvgIpc) is 3.18. The summed E-state index contributed by atoms with van der Waals surface area (Å²) in [5.41, 5.74) is 6.19. The number of aromatic nitrogens is 3. The molecule has 1 saturated carbocycles. The van der Waals surface area contributed by atoms with Gasteiger partial charge in [0.05, 0.1) is 15.9 Å². The van der Waals surface area contributed by atoms with Gasteiger partial charge in [-0.3, -0.25) is 10.1 Å². The zero-order valence-corrected chi connectivity index (χ0v) is 18.9. The normalized spacial score (nSPS) is 14.9. The Labute approximate surface area is 200 Å². The Morgan fingerprint density at radius 2 is 1.88 bits per heavy atom. The first kappa shape index (κ1) is 22.0. The van der Waals surface area contributed by atoms with Gasteiger partial charge >= 0.3 is 5.97 Å². The second kappa shape index (κ2) is 9.23. The summed E-state index contributed by atoms with van der Waals surface area (Å²) >= 11 is 6.64. The highest BCUT2D eigenvalue weighted by atomic mass is 35.5. The number of benzene rings is 2. The van der Waals surface area contributed by atoms with Gasteiger partial charge in [-0.1, -0.05) is 48.4 Å². The van der Waals surface area contributed by atoms with E-state index in [9.17, 15) is 9.18 Å². The topological polar surface area (TPSA) is 78.9 Å². The summed E-state index contributed by atoms with van der Waals surface area (Å²) in [7, 11) is 0. The SMILES string of the molecule is O=C(O)C=Cc1ccc(C(=C(c2ccc3[nH]nc(F)c3c2)c2ccncc2Cl)C2CCC2)cc1. The zero-order chi connectivity index (χ0) is 23.7. The van der Waals surface area contributed by atoms with Crippen LogP contribution in [0.15, 0.2) is 67.0 Å². The van der Waals surface area contributed by atoms with Crippen LogP contribution in [0.3, 0.4) is 0 Å². The molecule has 2 aromatic carbocycles. The number of pyridine rings is 1. The van der Waals surface area contributed by atoms with Crippen molar-refractivity contribution in [2.24, 2.45) is 5.92 Å². The number of halogens is 2. The van der Waals surface area contributed by atoms with Crippen molar-refractivity contribution in [1.82, 2.24) is 15.2 Å². The number of carboxylic acids is 1. The number of aromatic amines is 1. The van der Waals surface area contributed by atoms with E-state index in [1.807, 2.05) is 48.5 Å². The zero-order valence-electron chi connectivity index (χ0n) is 18.1. The molecule has 2 heterocycles. The fourth-order valence-corrected chi connectivity index (χ4v) is 4.61. The Bertz CT molecular complexity index is 1440. The Balaban J connectivity index is 1.75. The van der Waals surface area contributed by atoms with Crippen LogP contribution in [0.4, 0.5) is 4.39 Å². The number of aliphatic carboxylic acids is 1. The van der Waals surface area contributed by atoms with Crippen LogP contribution in [0.5, 0.6) is 0 Å². The van der Waals surface area contributed by atoms with Gasteiger partial charge < -0.3 is 5.11 Å². The summed E-state index contributed by atoms with van der Waals surface area (Å²) in [6.45, 7) is 0. The molecule has 5 nitrogen and oxygen atoms in total. The average molecular weight is 474 g/mol. The lowest BCUT2D eigenvalue weighted by Crippen LogP contribution is -2.15. The first-order valence-electron chi connectivity index (χ1n) is 11.0. The van der Waals surface area contributed by atoms with Crippen LogP contribution in [0.1, 0.15) is 41.5 Å². The fourth-order valence-electron chi connectivity index (χ4n) is 4.39. The molecule has 4 aromatic rings. The molecular weight excluding hydrogens is 453 g/mol. The monoisotopic (exact) mass is 473 g/mol. The predicted molar refractivity (Wildman–Crippen MR) is 132 cm³/mol. The second-order valence-corrected chi connectivity index (χ2v) is 8.75. The van der Waals surface area contributed by atoms with Crippen LogP contribution in [0.25, 0.3) is 28.1 Å². The van der Waals surface area contributed by atoms with Gasteiger partial charge in [0.1, 0.15) is 0 Å².